The maximum atomic E-state index is 5.49. The summed E-state index contributed by atoms with van der Waals surface area (Å²) >= 11 is 5.49. The van der Waals surface area contributed by atoms with Gasteiger partial charge in [0.25, 0.3) is 0 Å². The minimum Gasteiger partial charge on any atom is -0.342 e. The number of hydrogen-bond acceptors (Lipinski definition) is 1. The molecule has 0 aliphatic heterocycles. The Hall–Kier alpha value is -1.93. The van der Waals surface area contributed by atoms with Crippen LogP contribution in [0.1, 0.15) is 18.1 Å². The van der Waals surface area contributed by atoms with E-state index in [-0.39, 0.29) is 0 Å². The second-order valence-corrected chi connectivity index (χ2v) is 4.85. The lowest BCUT2D eigenvalue weighted by Gasteiger charge is -2.17. The molecular formula is C17H17NS. The molecule has 0 amide bonds. The standard InChI is InChI=1S/C17H17NS/c1-14(15-9-5-3-6-10-15)13-18(2)17(19)16-11-7-4-8-12-16/h3-13H,1-2H3/b14-13+. The van der Waals surface area contributed by atoms with Crippen molar-refractivity contribution >= 4 is 22.8 Å². The molecule has 0 saturated carbocycles. The Morgan fingerprint density at radius 3 is 1.89 bits per heavy atom. The van der Waals surface area contributed by atoms with Gasteiger partial charge < -0.3 is 4.90 Å². The number of thiocarbonyl (C=S) groups is 1. The molecule has 0 aliphatic rings. The van der Waals surface area contributed by atoms with Gasteiger partial charge in [0, 0.05) is 18.8 Å². The van der Waals surface area contributed by atoms with Gasteiger partial charge >= 0.3 is 0 Å². The molecule has 0 N–H and O–H groups in total. The van der Waals surface area contributed by atoms with E-state index >= 15 is 0 Å². The van der Waals surface area contributed by atoms with Crippen molar-refractivity contribution in [2.45, 2.75) is 6.92 Å². The largest absolute Gasteiger partial charge is 0.342 e. The van der Waals surface area contributed by atoms with Crippen molar-refractivity contribution in [3.63, 3.8) is 0 Å². The van der Waals surface area contributed by atoms with Crippen molar-refractivity contribution < 1.29 is 0 Å². The molecule has 96 valence electrons. The maximum absolute atomic E-state index is 5.49. The fraction of sp³-hybridized carbons (Fsp3) is 0.118. The van der Waals surface area contributed by atoms with Crippen LogP contribution in [0.25, 0.3) is 5.57 Å². The molecule has 0 atom stereocenters. The molecule has 2 aromatic carbocycles. The van der Waals surface area contributed by atoms with Crippen LogP contribution in [0.4, 0.5) is 0 Å². The average molecular weight is 267 g/mol. The van der Waals surface area contributed by atoms with E-state index < -0.39 is 0 Å². The average Bonchev–Trinajstić information content (AvgIpc) is 2.48. The summed E-state index contributed by atoms with van der Waals surface area (Å²) in [4.78, 5) is 2.82. The highest BCUT2D eigenvalue weighted by Gasteiger charge is 2.05. The molecule has 0 aromatic heterocycles. The minimum atomic E-state index is 0.830. The Bertz CT molecular complexity index is 573. The number of allylic oxidation sites excluding steroid dienone is 1. The lowest BCUT2D eigenvalue weighted by molar-refractivity contribution is 0.705. The molecule has 2 aromatic rings. The summed E-state index contributed by atoms with van der Waals surface area (Å²) in [6.45, 7) is 2.10. The van der Waals surface area contributed by atoms with Crippen LogP contribution in [0.2, 0.25) is 0 Å². The van der Waals surface area contributed by atoms with E-state index in [1.165, 1.54) is 11.1 Å². The van der Waals surface area contributed by atoms with Gasteiger partial charge in [0.2, 0.25) is 0 Å². The minimum absolute atomic E-state index is 0.830. The Labute approximate surface area is 120 Å². The second-order valence-electron chi connectivity index (χ2n) is 4.46. The first-order valence-electron chi connectivity index (χ1n) is 6.24. The number of benzene rings is 2. The molecule has 2 heteroatoms. The lowest BCUT2D eigenvalue weighted by Crippen LogP contribution is -2.20. The van der Waals surface area contributed by atoms with E-state index in [4.69, 9.17) is 12.2 Å². The van der Waals surface area contributed by atoms with E-state index in [0.717, 1.165) is 10.6 Å². The summed E-state index contributed by atoms with van der Waals surface area (Å²) < 4.78 is 0. The lowest BCUT2D eigenvalue weighted by atomic mass is 10.1. The predicted molar refractivity (Wildman–Crippen MR) is 86.0 cm³/mol. The predicted octanol–water partition coefficient (Wildman–Crippen LogP) is 4.35. The third-order valence-corrected chi connectivity index (χ3v) is 3.48. The third kappa shape index (κ3) is 3.52. The van der Waals surface area contributed by atoms with E-state index in [1.54, 1.807) is 0 Å². The van der Waals surface area contributed by atoms with Crippen LogP contribution in [-0.4, -0.2) is 16.9 Å². The van der Waals surface area contributed by atoms with Crippen molar-refractivity contribution in [3.8, 4) is 0 Å². The molecule has 2 rings (SSSR count). The highest BCUT2D eigenvalue weighted by Crippen LogP contribution is 2.15. The van der Waals surface area contributed by atoms with Gasteiger partial charge in [-0.05, 0) is 18.1 Å². The van der Waals surface area contributed by atoms with Crippen LogP contribution >= 0.6 is 12.2 Å². The Balaban J connectivity index is 2.17. The van der Waals surface area contributed by atoms with Gasteiger partial charge in [0.15, 0.2) is 0 Å². The highest BCUT2D eigenvalue weighted by molar-refractivity contribution is 7.80. The Kier molecular flexibility index (Phi) is 4.48. The normalized spacial score (nSPS) is 11.2. The first-order valence-corrected chi connectivity index (χ1v) is 6.65. The van der Waals surface area contributed by atoms with E-state index in [9.17, 15) is 0 Å². The second kappa shape index (κ2) is 6.30. The first-order chi connectivity index (χ1) is 9.18. The SMILES string of the molecule is C/C(=C\N(C)C(=S)c1ccccc1)c1ccccc1. The monoisotopic (exact) mass is 267 g/mol. The van der Waals surface area contributed by atoms with Crippen LogP contribution in [0, 0.1) is 0 Å². The zero-order valence-corrected chi connectivity index (χ0v) is 12.0. The number of nitrogens with zero attached hydrogens (tertiary/aromatic N) is 1. The summed E-state index contributed by atoms with van der Waals surface area (Å²) in [6.07, 6.45) is 2.07. The number of hydrogen-bond donors (Lipinski definition) is 0. The summed E-state index contributed by atoms with van der Waals surface area (Å²) in [5.74, 6) is 0. The quantitative estimate of drug-likeness (QED) is 0.760. The zero-order chi connectivity index (χ0) is 13.7. The van der Waals surface area contributed by atoms with Crippen LogP contribution in [0.15, 0.2) is 66.9 Å². The molecular weight excluding hydrogens is 250 g/mol. The van der Waals surface area contributed by atoms with Crippen LogP contribution in [0.3, 0.4) is 0 Å². The summed E-state index contributed by atoms with van der Waals surface area (Å²) in [6, 6.07) is 20.4. The molecule has 1 nitrogen and oxygen atoms in total. The van der Waals surface area contributed by atoms with E-state index in [0.29, 0.717) is 0 Å². The smallest absolute Gasteiger partial charge is 0.112 e. The fourth-order valence-electron chi connectivity index (χ4n) is 1.91. The van der Waals surface area contributed by atoms with Crippen LogP contribution < -0.4 is 0 Å². The third-order valence-electron chi connectivity index (χ3n) is 2.96. The van der Waals surface area contributed by atoms with Crippen molar-refractivity contribution in [2.75, 3.05) is 7.05 Å². The molecule has 0 spiro atoms. The van der Waals surface area contributed by atoms with Crippen LogP contribution in [0.5, 0.6) is 0 Å². The Morgan fingerprint density at radius 2 is 1.37 bits per heavy atom. The Morgan fingerprint density at radius 1 is 0.895 bits per heavy atom. The molecule has 0 unspecified atom stereocenters. The summed E-state index contributed by atoms with van der Waals surface area (Å²) in [5.41, 5.74) is 3.48. The van der Waals surface area contributed by atoms with Gasteiger partial charge in [-0.25, -0.2) is 0 Å². The maximum Gasteiger partial charge on any atom is 0.112 e. The topological polar surface area (TPSA) is 3.24 Å². The van der Waals surface area contributed by atoms with Crippen LogP contribution in [-0.2, 0) is 0 Å². The van der Waals surface area contributed by atoms with Gasteiger partial charge in [0.1, 0.15) is 4.99 Å². The molecule has 0 radical (unpaired) electrons. The molecule has 0 heterocycles. The van der Waals surface area contributed by atoms with E-state index in [1.807, 2.05) is 60.5 Å². The highest BCUT2D eigenvalue weighted by atomic mass is 32.1. The molecule has 19 heavy (non-hydrogen) atoms. The van der Waals surface area contributed by atoms with Gasteiger partial charge in [-0.1, -0.05) is 72.9 Å². The summed E-state index contributed by atoms with van der Waals surface area (Å²) in [5, 5.41) is 0. The van der Waals surface area contributed by atoms with Crippen molar-refractivity contribution in [3.05, 3.63) is 78.0 Å². The van der Waals surface area contributed by atoms with Gasteiger partial charge in [-0.2, -0.15) is 0 Å². The zero-order valence-electron chi connectivity index (χ0n) is 11.2. The van der Waals surface area contributed by atoms with E-state index in [2.05, 4.69) is 25.3 Å². The number of rotatable bonds is 3. The molecule has 0 bridgehead atoms. The first kappa shape index (κ1) is 13.5. The van der Waals surface area contributed by atoms with Gasteiger partial charge in [-0.3, -0.25) is 0 Å². The molecule has 0 fully saturated rings. The van der Waals surface area contributed by atoms with Crippen molar-refractivity contribution in [2.24, 2.45) is 0 Å². The van der Waals surface area contributed by atoms with Gasteiger partial charge in [0.05, 0.1) is 0 Å². The fourth-order valence-corrected chi connectivity index (χ4v) is 2.10. The molecule has 0 saturated heterocycles. The van der Waals surface area contributed by atoms with Crippen molar-refractivity contribution in [1.29, 1.82) is 0 Å². The molecule has 0 aliphatic carbocycles. The van der Waals surface area contributed by atoms with Crippen molar-refractivity contribution in [1.82, 2.24) is 4.90 Å². The summed E-state index contributed by atoms with van der Waals surface area (Å²) in [7, 11) is 1.99. The van der Waals surface area contributed by atoms with Gasteiger partial charge in [-0.15, -0.1) is 0 Å².